The van der Waals surface area contributed by atoms with E-state index in [1.54, 1.807) is 0 Å². The quantitative estimate of drug-likeness (QED) is 0.710. The lowest BCUT2D eigenvalue weighted by Crippen LogP contribution is -2.22. The monoisotopic (exact) mass is 303 g/mol. The van der Waals surface area contributed by atoms with E-state index in [1.165, 1.54) is 22.4 Å². The molecule has 0 fully saturated rings. The first-order valence-electron chi connectivity index (χ1n) is 8.29. The van der Waals surface area contributed by atoms with E-state index < -0.39 is 0 Å². The number of hydrogen-bond donors (Lipinski definition) is 0. The lowest BCUT2D eigenvalue weighted by molar-refractivity contribution is 0.629. The number of imidazole rings is 1. The van der Waals surface area contributed by atoms with E-state index in [0.29, 0.717) is 0 Å². The number of nitrogens with zero attached hydrogens (tertiary/aromatic N) is 3. The van der Waals surface area contributed by atoms with E-state index in [1.807, 2.05) is 18.7 Å². The largest absolute Gasteiger partial charge is 0.371 e. The molecule has 0 saturated heterocycles. The number of hydrogen-bond acceptors (Lipinski definition) is 2. The summed E-state index contributed by atoms with van der Waals surface area (Å²) < 4.78 is 2.15. The molecule has 0 amide bonds. The van der Waals surface area contributed by atoms with Crippen LogP contribution in [-0.2, 0) is 13.0 Å². The maximum absolute atomic E-state index is 4.10. The number of aryl methyl sites for hydroxylation is 1. The van der Waals surface area contributed by atoms with Crippen LogP contribution in [0.1, 0.15) is 12.0 Å². The third-order valence-corrected chi connectivity index (χ3v) is 4.58. The highest BCUT2D eigenvalue weighted by molar-refractivity contribution is 5.70. The van der Waals surface area contributed by atoms with Gasteiger partial charge in [0.1, 0.15) is 0 Å². The van der Waals surface area contributed by atoms with Gasteiger partial charge in [0.15, 0.2) is 0 Å². The molecule has 23 heavy (non-hydrogen) atoms. The molecule has 0 unspecified atom stereocenters. The molecule has 0 atom stereocenters. The zero-order valence-electron chi connectivity index (χ0n) is 13.2. The SMILES string of the molecule is c1ccc(-c2ccc3c(c2)CCN3CCCn2ccnc2)cc1. The molecule has 0 spiro atoms. The number of anilines is 1. The van der Waals surface area contributed by atoms with Crippen LogP contribution in [0.25, 0.3) is 11.1 Å². The lowest BCUT2D eigenvalue weighted by Gasteiger charge is -2.19. The molecule has 3 aromatic rings. The molecule has 1 aliphatic rings. The molecule has 0 N–H and O–H groups in total. The minimum atomic E-state index is 1.04. The van der Waals surface area contributed by atoms with Crippen molar-refractivity contribution in [2.75, 3.05) is 18.0 Å². The molecule has 0 saturated carbocycles. The van der Waals surface area contributed by atoms with Crippen LogP contribution in [0.5, 0.6) is 0 Å². The smallest absolute Gasteiger partial charge is 0.0945 e. The van der Waals surface area contributed by atoms with Crippen LogP contribution in [0.15, 0.2) is 67.3 Å². The van der Waals surface area contributed by atoms with Gasteiger partial charge in [-0.1, -0.05) is 36.4 Å². The average Bonchev–Trinajstić information content (AvgIpc) is 3.25. The summed E-state index contributed by atoms with van der Waals surface area (Å²) in [6.07, 6.45) is 8.07. The van der Waals surface area contributed by atoms with Crippen LogP contribution >= 0.6 is 0 Å². The van der Waals surface area contributed by atoms with Crippen molar-refractivity contribution in [1.29, 1.82) is 0 Å². The van der Waals surface area contributed by atoms with Crippen LogP contribution in [-0.4, -0.2) is 22.6 Å². The highest BCUT2D eigenvalue weighted by Gasteiger charge is 2.18. The Bertz CT molecular complexity index is 763. The zero-order chi connectivity index (χ0) is 15.5. The van der Waals surface area contributed by atoms with Crippen LogP contribution in [0.4, 0.5) is 5.69 Å². The summed E-state index contributed by atoms with van der Waals surface area (Å²) in [4.78, 5) is 6.61. The third-order valence-electron chi connectivity index (χ3n) is 4.58. The van der Waals surface area contributed by atoms with Crippen molar-refractivity contribution in [2.24, 2.45) is 0 Å². The van der Waals surface area contributed by atoms with E-state index >= 15 is 0 Å². The normalized spacial score (nSPS) is 13.3. The first-order chi connectivity index (χ1) is 11.4. The van der Waals surface area contributed by atoms with Gasteiger partial charge < -0.3 is 9.47 Å². The molecule has 1 aromatic heterocycles. The molecule has 3 nitrogen and oxygen atoms in total. The second-order valence-corrected chi connectivity index (χ2v) is 6.10. The summed E-state index contributed by atoms with van der Waals surface area (Å²) in [6, 6.07) is 17.5. The Morgan fingerprint density at radius 3 is 2.70 bits per heavy atom. The third kappa shape index (κ3) is 3.00. The fraction of sp³-hybridized carbons (Fsp3) is 0.250. The first kappa shape index (κ1) is 14.1. The minimum absolute atomic E-state index is 1.04. The Balaban J connectivity index is 1.45. The van der Waals surface area contributed by atoms with Crippen molar-refractivity contribution >= 4 is 5.69 Å². The Morgan fingerprint density at radius 2 is 1.87 bits per heavy atom. The standard InChI is InChI=1S/C20H21N3/c1-2-5-17(6-3-1)18-7-8-20-19(15-18)9-13-23(20)12-4-11-22-14-10-21-16-22/h1-3,5-8,10,14-16H,4,9,11-13H2. The van der Waals surface area contributed by atoms with Crippen LogP contribution < -0.4 is 4.90 Å². The van der Waals surface area contributed by atoms with Gasteiger partial charge in [0, 0.05) is 37.7 Å². The molecule has 4 rings (SSSR count). The van der Waals surface area contributed by atoms with Crippen LogP contribution in [0, 0.1) is 0 Å². The summed E-state index contributed by atoms with van der Waals surface area (Å²) >= 11 is 0. The maximum atomic E-state index is 4.10. The van der Waals surface area contributed by atoms with Crippen molar-refractivity contribution < 1.29 is 0 Å². The van der Waals surface area contributed by atoms with E-state index in [0.717, 1.165) is 32.5 Å². The molecule has 3 heteroatoms. The molecule has 116 valence electrons. The van der Waals surface area contributed by atoms with Gasteiger partial charge in [-0.25, -0.2) is 4.98 Å². The Kier molecular flexibility index (Phi) is 3.85. The van der Waals surface area contributed by atoms with Gasteiger partial charge >= 0.3 is 0 Å². The summed E-state index contributed by atoms with van der Waals surface area (Å²) in [6.45, 7) is 3.28. The number of aromatic nitrogens is 2. The van der Waals surface area contributed by atoms with Gasteiger partial charge in [0.2, 0.25) is 0 Å². The second kappa shape index (κ2) is 6.29. The molecule has 0 aliphatic carbocycles. The van der Waals surface area contributed by atoms with E-state index in [9.17, 15) is 0 Å². The second-order valence-electron chi connectivity index (χ2n) is 6.10. The van der Waals surface area contributed by atoms with Gasteiger partial charge in [-0.15, -0.1) is 0 Å². The van der Waals surface area contributed by atoms with E-state index in [4.69, 9.17) is 0 Å². The highest BCUT2D eigenvalue weighted by Crippen LogP contribution is 2.32. The lowest BCUT2D eigenvalue weighted by atomic mass is 10.0. The molecule has 1 aliphatic heterocycles. The van der Waals surface area contributed by atoms with Crippen LogP contribution in [0.2, 0.25) is 0 Å². The number of fused-ring (bicyclic) bond motifs is 1. The van der Waals surface area contributed by atoms with Gasteiger partial charge in [0.25, 0.3) is 0 Å². The predicted molar refractivity (Wildman–Crippen MR) is 94.6 cm³/mol. The summed E-state index contributed by atoms with van der Waals surface area (Å²) in [5.41, 5.74) is 5.52. The molecular weight excluding hydrogens is 282 g/mol. The summed E-state index contributed by atoms with van der Waals surface area (Å²) in [5.74, 6) is 0. The molecule has 2 heterocycles. The fourth-order valence-corrected chi connectivity index (χ4v) is 3.38. The van der Waals surface area contributed by atoms with E-state index in [2.05, 4.69) is 63.0 Å². The number of benzene rings is 2. The van der Waals surface area contributed by atoms with Gasteiger partial charge in [-0.2, -0.15) is 0 Å². The van der Waals surface area contributed by atoms with Gasteiger partial charge in [-0.3, -0.25) is 0 Å². The summed E-state index contributed by atoms with van der Waals surface area (Å²) in [5, 5.41) is 0. The number of rotatable bonds is 5. The Labute approximate surface area is 137 Å². The highest BCUT2D eigenvalue weighted by atomic mass is 15.1. The Hall–Kier alpha value is -2.55. The Morgan fingerprint density at radius 1 is 0.957 bits per heavy atom. The molecule has 0 bridgehead atoms. The van der Waals surface area contributed by atoms with Crippen LogP contribution in [0.3, 0.4) is 0 Å². The molecular formula is C20H21N3. The van der Waals surface area contributed by atoms with Gasteiger partial charge in [-0.05, 0) is 41.7 Å². The first-order valence-corrected chi connectivity index (χ1v) is 8.29. The fourth-order valence-electron chi connectivity index (χ4n) is 3.38. The van der Waals surface area contributed by atoms with E-state index in [-0.39, 0.29) is 0 Å². The van der Waals surface area contributed by atoms with Crippen molar-refractivity contribution in [3.63, 3.8) is 0 Å². The molecule has 2 aromatic carbocycles. The summed E-state index contributed by atoms with van der Waals surface area (Å²) in [7, 11) is 0. The zero-order valence-corrected chi connectivity index (χ0v) is 13.2. The topological polar surface area (TPSA) is 21.1 Å². The van der Waals surface area contributed by atoms with Crippen molar-refractivity contribution in [1.82, 2.24) is 9.55 Å². The van der Waals surface area contributed by atoms with Crippen molar-refractivity contribution in [3.05, 3.63) is 72.8 Å². The minimum Gasteiger partial charge on any atom is -0.371 e. The van der Waals surface area contributed by atoms with Crippen molar-refractivity contribution in [3.8, 4) is 11.1 Å². The molecule has 0 radical (unpaired) electrons. The van der Waals surface area contributed by atoms with Crippen molar-refractivity contribution in [2.45, 2.75) is 19.4 Å². The predicted octanol–water partition coefficient (Wildman–Crippen LogP) is 4.00. The van der Waals surface area contributed by atoms with Gasteiger partial charge in [0.05, 0.1) is 6.33 Å². The average molecular weight is 303 g/mol. The maximum Gasteiger partial charge on any atom is 0.0945 e.